The minimum Gasteiger partial charge on any atom is -0.480 e. The molecule has 2 amide bonds. The maximum atomic E-state index is 13.0. The van der Waals surface area contributed by atoms with E-state index in [1.165, 1.54) is 25.2 Å². The molecule has 1 atom stereocenters. The minimum atomic E-state index is -1.39. The summed E-state index contributed by atoms with van der Waals surface area (Å²) < 4.78 is 13.0. The Bertz CT molecular complexity index is 452. The predicted molar refractivity (Wildman–Crippen MR) is 61.8 cm³/mol. The van der Waals surface area contributed by atoms with Crippen molar-refractivity contribution in [3.05, 3.63) is 30.1 Å². The summed E-state index contributed by atoms with van der Waals surface area (Å²) in [7, 11) is 1.36. The van der Waals surface area contributed by atoms with E-state index in [2.05, 4.69) is 5.32 Å². The molecule has 0 radical (unpaired) electrons. The lowest BCUT2D eigenvalue weighted by Crippen LogP contribution is -2.48. The lowest BCUT2D eigenvalue weighted by Gasteiger charge is -2.20. The molecular weight excluding hydrogens is 243 g/mol. The van der Waals surface area contributed by atoms with Gasteiger partial charge in [0, 0.05) is 12.7 Å². The van der Waals surface area contributed by atoms with Crippen molar-refractivity contribution in [1.29, 1.82) is 0 Å². The zero-order valence-corrected chi connectivity index (χ0v) is 9.63. The first-order valence-corrected chi connectivity index (χ1v) is 5.09. The highest BCUT2D eigenvalue weighted by Gasteiger charge is 2.21. The average Bonchev–Trinajstić information content (AvgIpc) is 2.34. The number of hydrogen-bond acceptors (Lipinski definition) is 3. The molecule has 0 aromatic heterocycles. The number of aliphatic carboxylic acids is 1. The van der Waals surface area contributed by atoms with E-state index in [1.807, 2.05) is 0 Å². The van der Waals surface area contributed by atoms with E-state index < -0.39 is 30.5 Å². The average molecular weight is 256 g/mol. The van der Waals surface area contributed by atoms with Gasteiger partial charge >= 0.3 is 12.0 Å². The van der Waals surface area contributed by atoms with Crippen molar-refractivity contribution in [2.45, 2.75) is 6.04 Å². The molecule has 1 aromatic rings. The number of carboxylic acids is 1. The molecule has 0 aliphatic rings. The Morgan fingerprint density at radius 1 is 1.50 bits per heavy atom. The number of urea groups is 1. The molecule has 0 aliphatic carbocycles. The number of carboxylic acid groups (broad SMARTS) is 1. The van der Waals surface area contributed by atoms with Crippen LogP contribution in [0, 0.1) is 5.82 Å². The summed E-state index contributed by atoms with van der Waals surface area (Å²) in [5, 5.41) is 19.5. The summed E-state index contributed by atoms with van der Waals surface area (Å²) in [5.74, 6) is -1.86. The van der Waals surface area contributed by atoms with Gasteiger partial charge in [-0.25, -0.2) is 14.0 Å². The fourth-order valence-corrected chi connectivity index (χ4v) is 1.23. The van der Waals surface area contributed by atoms with Gasteiger partial charge in [-0.3, -0.25) is 4.90 Å². The van der Waals surface area contributed by atoms with Crippen LogP contribution in [0.25, 0.3) is 0 Å². The van der Waals surface area contributed by atoms with Crippen LogP contribution < -0.4 is 10.2 Å². The monoisotopic (exact) mass is 256 g/mol. The molecule has 0 heterocycles. The van der Waals surface area contributed by atoms with Gasteiger partial charge in [0.05, 0.1) is 6.61 Å². The SMILES string of the molecule is CN(C(=O)N[C@H](CO)C(=O)O)c1cccc(F)c1. The van der Waals surface area contributed by atoms with E-state index in [-0.39, 0.29) is 5.69 Å². The van der Waals surface area contributed by atoms with Gasteiger partial charge in [-0.15, -0.1) is 0 Å². The van der Waals surface area contributed by atoms with Gasteiger partial charge in [0.2, 0.25) is 0 Å². The predicted octanol–water partition coefficient (Wildman–Crippen LogP) is 0.417. The van der Waals surface area contributed by atoms with E-state index >= 15 is 0 Å². The molecule has 1 rings (SSSR count). The van der Waals surface area contributed by atoms with Crippen molar-refractivity contribution in [3.63, 3.8) is 0 Å². The topological polar surface area (TPSA) is 89.9 Å². The van der Waals surface area contributed by atoms with Crippen LogP contribution in [0.15, 0.2) is 24.3 Å². The van der Waals surface area contributed by atoms with Crippen LogP contribution >= 0.6 is 0 Å². The van der Waals surface area contributed by atoms with Gasteiger partial charge in [0.15, 0.2) is 6.04 Å². The standard InChI is InChI=1S/C11H13FN2O4/c1-14(8-4-2-3-7(12)5-8)11(18)13-9(6-15)10(16)17/h2-5,9,15H,6H2,1H3,(H,13,18)(H,16,17)/t9-/m1/s1. The number of carbonyl (C=O) groups excluding carboxylic acids is 1. The van der Waals surface area contributed by atoms with Crippen LogP contribution in [0.1, 0.15) is 0 Å². The van der Waals surface area contributed by atoms with E-state index in [1.54, 1.807) is 0 Å². The van der Waals surface area contributed by atoms with Gasteiger partial charge < -0.3 is 15.5 Å². The second kappa shape index (κ2) is 5.97. The van der Waals surface area contributed by atoms with Crippen LogP contribution in [0.3, 0.4) is 0 Å². The summed E-state index contributed by atoms with van der Waals surface area (Å²) in [4.78, 5) is 23.3. The van der Waals surface area contributed by atoms with Crippen molar-refractivity contribution >= 4 is 17.7 Å². The number of nitrogens with one attached hydrogen (secondary N) is 1. The third-order valence-corrected chi connectivity index (χ3v) is 2.28. The van der Waals surface area contributed by atoms with Crippen molar-refractivity contribution in [2.24, 2.45) is 0 Å². The summed E-state index contributed by atoms with van der Waals surface area (Å²) >= 11 is 0. The Hall–Kier alpha value is -2.15. The number of aliphatic hydroxyl groups is 1. The molecule has 7 heteroatoms. The molecule has 6 nitrogen and oxygen atoms in total. The Labute approximate surface area is 103 Å². The molecule has 0 unspecified atom stereocenters. The number of benzene rings is 1. The third-order valence-electron chi connectivity index (χ3n) is 2.28. The highest BCUT2D eigenvalue weighted by atomic mass is 19.1. The van der Waals surface area contributed by atoms with Crippen molar-refractivity contribution in [3.8, 4) is 0 Å². The molecule has 0 saturated carbocycles. The lowest BCUT2D eigenvalue weighted by atomic mass is 10.3. The number of halogens is 1. The number of anilines is 1. The molecule has 0 saturated heterocycles. The van der Waals surface area contributed by atoms with Gasteiger partial charge in [-0.1, -0.05) is 6.07 Å². The van der Waals surface area contributed by atoms with Crippen LogP contribution in [-0.4, -0.2) is 41.9 Å². The number of hydrogen-bond donors (Lipinski definition) is 3. The first-order valence-electron chi connectivity index (χ1n) is 5.09. The molecule has 3 N–H and O–H groups in total. The van der Waals surface area contributed by atoms with Gasteiger partial charge in [-0.2, -0.15) is 0 Å². The second-order valence-corrected chi connectivity index (χ2v) is 3.56. The first-order chi connectivity index (χ1) is 8.45. The maximum absolute atomic E-state index is 13.0. The number of carbonyl (C=O) groups is 2. The summed E-state index contributed by atoms with van der Waals surface area (Å²) in [6.45, 7) is -0.724. The van der Waals surface area contributed by atoms with Crippen LogP contribution in [-0.2, 0) is 4.79 Å². The maximum Gasteiger partial charge on any atom is 0.328 e. The molecule has 0 bridgehead atoms. The van der Waals surface area contributed by atoms with Crippen LogP contribution in [0.4, 0.5) is 14.9 Å². The van der Waals surface area contributed by atoms with Crippen LogP contribution in [0.2, 0.25) is 0 Å². The zero-order chi connectivity index (χ0) is 13.7. The molecule has 98 valence electrons. The zero-order valence-electron chi connectivity index (χ0n) is 9.63. The summed E-state index contributed by atoms with van der Waals surface area (Å²) in [6.07, 6.45) is 0. The highest BCUT2D eigenvalue weighted by Crippen LogP contribution is 2.13. The van der Waals surface area contributed by atoms with E-state index in [4.69, 9.17) is 10.2 Å². The lowest BCUT2D eigenvalue weighted by molar-refractivity contribution is -0.140. The quantitative estimate of drug-likeness (QED) is 0.728. The number of rotatable bonds is 4. The number of amides is 2. The summed E-state index contributed by atoms with van der Waals surface area (Å²) in [5.41, 5.74) is 0.273. The number of aliphatic hydroxyl groups excluding tert-OH is 1. The Balaban J connectivity index is 2.75. The highest BCUT2D eigenvalue weighted by molar-refractivity contribution is 5.93. The minimum absolute atomic E-state index is 0.273. The fourth-order valence-electron chi connectivity index (χ4n) is 1.23. The summed E-state index contributed by atoms with van der Waals surface area (Å²) in [6, 6.07) is 3.14. The van der Waals surface area contributed by atoms with Gasteiger partial charge in [0.25, 0.3) is 0 Å². The third kappa shape index (κ3) is 3.42. The molecular formula is C11H13FN2O4. The van der Waals surface area contributed by atoms with Crippen molar-refractivity contribution in [1.82, 2.24) is 5.32 Å². The first kappa shape index (κ1) is 13.9. The normalized spacial score (nSPS) is 11.7. The Morgan fingerprint density at radius 3 is 2.67 bits per heavy atom. The van der Waals surface area contributed by atoms with Crippen molar-refractivity contribution < 1.29 is 24.2 Å². The van der Waals surface area contributed by atoms with E-state index in [9.17, 15) is 14.0 Å². The van der Waals surface area contributed by atoms with Crippen molar-refractivity contribution in [2.75, 3.05) is 18.6 Å². The fraction of sp³-hybridized carbons (Fsp3) is 0.273. The largest absolute Gasteiger partial charge is 0.480 e. The molecule has 0 fully saturated rings. The Morgan fingerprint density at radius 2 is 2.17 bits per heavy atom. The van der Waals surface area contributed by atoms with Gasteiger partial charge in [-0.05, 0) is 18.2 Å². The molecule has 0 aliphatic heterocycles. The van der Waals surface area contributed by atoms with E-state index in [0.717, 1.165) is 11.0 Å². The van der Waals surface area contributed by atoms with Crippen LogP contribution in [0.5, 0.6) is 0 Å². The molecule has 0 spiro atoms. The van der Waals surface area contributed by atoms with Gasteiger partial charge in [0.1, 0.15) is 5.82 Å². The Kier molecular flexibility index (Phi) is 4.61. The molecule has 18 heavy (non-hydrogen) atoms. The number of nitrogens with zero attached hydrogens (tertiary/aromatic N) is 1. The second-order valence-electron chi connectivity index (χ2n) is 3.56. The molecule has 1 aromatic carbocycles. The van der Waals surface area contributed by atoms with E-state index in [0.29, 0.717) is 0 Å². The smallest absolute Gasteiger partial charge is 0.328 e.